The second kappa shape index (κ2) is 6.18. The summed E-state index contributed by atoms with van der Waals surface area (Å²) in [7, 11) is 0. The Morgan fingerprint density at radius 1 is 1.11 bits per heavy atom. The van der Waals surface area contributed by atoms with Gasteiger partial charge in [-0.2, -0.15) is 5.26 Å². The van der Waals surface area contributed by atoms with Crippen LogP contribution in [-0.4, -0.2) is 0 Å². The molecule has 0 aliphatic heterocycles. The summed E-state index contributed by atoms with van der Waals surface area (Å²) in [6.07, 6.45) is 0. The van der Waals surface area contributed by atoms with Crippen LogP contribution in [0.5, 0.6) is 0 Å². The van der Waals surface area contributed by atoms with E-state index in [2.05, 4.69) is 43.2 Å². The lowest BCUT2D eigenvalue weighted by Crippen LogP contribution is -2.03. The second-order valence-corrected chi connectivity index (χ2v) is 5.72. The minimum atomic E-state index is -0.274. The van der Waals surface area contributed by atoms with Crippen LogP contribution in [-0.2, 0) is 6.54 Å². The Morgan fingerprint density at radius 2 is 1.79 bits per heavy atom. The first-order chi connectivity index (χ1) is 9.10. The van der Waals surface area contributed by atoms with Crippen LogP contribution in [0.25, 0.3) is 0 Å². The Balaban J connectivity index is 2.21. The van der Waals surface area contributed by atoms with Gasteiger partial charge in [-0.15, -0.1) is 0 Å². The molecule has 2 aromatic rings. The third-order valence-corrected chi connectivity index (χ3v) is 3.57. The van der Waals surface area contributed by atoms with Gasteiger partial charge in [0.25, 0.3) is 0 Å². The highest BCUT2D eigenvalue weighted by Gasteiger charge is 2.06. The SMILES string of the molecule is N#Cc1ccc(Br)cc1NCc1cc(Br)ccc1F. The van der Waals surface area contributed by atoms with Gasteiger partial charge in [-0.05, 0) is 36.4 Å². The highest BCUT2D eigenvalue weighted by Crippen LogP contribution is 2.22. The Hall–Kier alpha value is -1.38. The normalized spacial score (nSPS) is 10.0. The summed E-state index contributed by atoms with van der Waals surface area (Å²) in [6, 6.07) is 12.2. The molecular weight excluding hydrogens is 375 g/mol. The summed E-state index contributed by atoms with van der Waals surface area (Å²) in [6.45, 7) is 0.316. The standard InChI is InChI=1S/C14H9Br2FN2/c15-11-3-4-13(17)10(5-11)8-19-14-6-12(16)2-1-9(14)7-18/h1-6,19H,8H2. The Bertz CT molecular complexity index is 650. The smallest absolute Gasteiger partial charge is 0.128 e. The summed E-state index contributed by atoms with van der Waals surface area (Å²) < 4.78 is 15.3. The average Bonchev–Trinajstić information content (AvgIpc) is 2.40. The first-order valence-corrected chi connectivity index (χ1v) is 7.06. The average molecular weight is 384 g/mol. The van der Waals surface area contributed by atoms with Crippen LogP contribution < -0.4 is 5.32 Å². The highest BCUT2D eigenvalue weighted by atomic mass is 79.9. The number of nitriles is 1. The van der Waals surface area contributed by atoms with E-state index in [4.69, 9.17) is 5.26 Å². The van der Waals surface area contributed by atoms with Gasteiger partial charge in [-0.1, -0.05) is 31.9 Å². The number of hydrogen-bond donors (Lipinski definition) is 1. The molecule has 0 bridgehead atoms. The number of nitrogens with one attached hydrogen (secondary N) is 1. The van der Waals surface area contributed by atoms with Crippen molar-refractivity contribution in [3.05, 3.63) is 62.3 Å². The molecule has 0 aliphatic carbocycles. The van der Waals surface area contributed by atoms with Crippen molar-refractivity contribution in [3.63, 3.8) is 0 Å². The highest BCUT2D eigenvalue weighted by molar-refractivity contribution is 9.10. The molecule has 0 heterocycles. The minimum Gasteiger partial charge on any atom is -0.380 e. The van der Waals surface area contributed by atoms with Gasteiger partial charge in [0.15, 0.2) is 0 Å². The molecule has 0 spiro atoms. The Morgan fingerprint density at radius 3 is 2.53 bits per heavy atom. The van der Waals surface area contributed by atoms with Crippen molar-refractivity contribution in [2.75, 3.05) is 5.32 Å². The quantitative estimate of drug-likeness (QED) is 0.823. The van der Waals surface area contributed by atoms with Crippen molar-refractivity contribution in [3.8, 4) is 6.07 Å². The molecule has 1 N–H and O–H groups in total. The summed E-state index contributed by atoms with van der Waals surface area (Å²) in [5.41, 5.74) is 1.74. The lowest BCUT2D eigenvalue weighted by Gasteiger charge is -2.10. The van der Waals surface area contributed by atoms with Crippen molar-refractivity contribution in [2.45, 2.75) is 6.54 Å². The third-order valence-electron chi connectivity index (χ3n) is 2.58. The molecule has 2 nitrogen and oxygen atoms in total. The molecule has 0 aromatic heterocycles. The lowest BCUT2D eigenvalue weighted by atomic mass is 10.1. The van der Waals surface area contributed by atoms with E-state index >= 15 is 0 Å². The molecule has 0 saturated carbocycles. The number of nitrogens with zero attached hydrogens (tertiary/aromatic N) is 1. The number of anilines is 1. The molecule has 0 radical (unpaired) electrons. The zero-order valence-corrected chi connectivity index (χ0v) is 12.9. The van der Waals surface area contributed by atoms with Crippen LogP contribution in [0.15, 0.2) is 45.3 Å². The van der Waals surface area contributed by atoms with Gasteiger partial charge in [0.05, 0.1) is 11.3 Å². The van der Waals surface area contributed by atoms with E-state index in [0.717, 1.165) is 8.95 Å². The zero-order valence-electron chi connectivity index (χ0n) is 9.75. The molecule has 0 unspecified atom stereocenters. The molecule has 0 amide bonds. The maximum Gasteiger partial charge on any atom is 0.128 e. The molecule has 0 saturated heterocycles. The van der Waals surface area contributed by atoms with E-state index in [1.54, 1.807) is 30.3 Å². The van der Waals surface area contributed by atoms with Crippen molar-refractivity contribution in [1.82, 2.24) is 0 Å². The minimum absolute atomic E-state index is 0.274. The number of hydrogen-bond acceptors (Lipinski definition) is 2. The van der Waals surface area contributed by atoms with Gasteiger partial charge in [0, 0.05) is 21.1 Å². The number of rotatable bonds is 3. The van der Waals surface area contributed by atoms with Crippen LogP contribution in [0.1, 0.15) is 11.1 Å². The van der Waals surface area contributed by atoms with Gasteiger partial charge in [0.1, 0.15) is 11.9 Å². The molecule has 0 aliphatic rings. The predicted octanol–water partition coefficient (Wildman–Crippen LogP) is 4.83. The van der Waals surface area contributed by atoms with Crippen molar-refractivity contribution in [2.24, 2.45) is 0 Å². The number of halogens is 3. The topological polar surface area (TPSA) is 35.8 Å². The first kappa shape index (κ1) is 14.0. The van der Waals surface area contributed by atoms with Crippen LogP contribution in [0.3, 0.4) is 0 Å². The predicted molar refractivity (Wildman–Crippen MR) is 80.3 cm³/mol. The fraction of sp³-hybridized carbons (Fsp3) is 0.0714. The largest absolute Gasteiger partial charge is 0.380 e. The van der Waals surface area contributed by atoms with E-state index in [1.807, 2.05) is 0 Å². The van der Waals surface area contributed by atoms with E-state index in [9.17, 15) is 4.39 Å². The fourth-order valence-electron chi connectivity index (χ4n) is 1.63. The van der Waals surface area contributed by atoms with Crippen LogP contribution >= 0.6 is 31.9 Å². The van der Waals surface area contributed by atoms with Crippen LogP contribution in [0.4, 0.5) is 10.1 Å². The van der Waals surface area contributed by atoms with Gasteiger partial charge in [-0.3, -0.25) is 0 Å². The van der Waals surface area contributed by atoms with Gasteiger partial charge >= 0.3 is 0 Å². The molecule has 2 aromatic carbocycles. The number of benzene rings is 2. The molecule has 0 atom stereocenters. The van der Waals surface area contributed by atoms with E-state index in [1.165, 1.54) is 6.07 Å². The van der Waals surface area contributed by atoms with E-state index in [-0.39, 0.29) is 5.82 Å². The molecule has 19 heavy (non-hydrogen) atoms. The first-order valence-electron chi connectivity index (χ1n) is 5.47. The summed E-state index contributed by atoms with van der Waals surface area (Å²) in [5.74, 6) is -0.274. The molecule has 96 valence electrons. The molecule has 0 fully saturated rings. The van der Waals surface area contributed by atoms with Crippen molar-refractivity contribution in [1.29, 1.82) is 5.26 Å². The van der Waals surface area contributed by atoms with Crippen molar-refractivity contribution >= 4 is 37.5 Å². The van der Waals surface area contributed by atoms with E-state index < -0.39 is 0 Å². The van der Waals surface area contributed by atoms with Gasteiger partial charge in [0.2, 0.25) is 0 Å². The molecule has 5 heteroatoms. The second-order valence-electron chi connectivity index (χ2n) is 3.89. The Kier molecular flexibility index (Phi) is 4.56. The summed E-state index contributed by atoms with van der Waals surface area (Å²) in [4.78, 5) is 0. The fourth-order valence-corrected chi connectivity index (χ4v) is 2.40. The monoisotopic (exact) mass is 382 g/mol. The lowest BCUT2D eigenvalue weighted by molar-refractivity contribution is 0.612. The van der Waals surface area contributed by atoms with Crippen molar-refractivity contribution < 1.29 is 4.39 Å². The van der Waals surface area contributed by atoms with Gasteiger partial charge < -0.3 is 5.32 Å². The molecular formula is C14H9Br2FN2. The zero-order chi connectivity index (χ0) is 13.8. The molecule has 2 rings (SSSR count). The summed E-state index contributed by atoms with van der Waals surface area (Å²) in [5, 5.41) is 12.1. The van der Waals surface area contributed by atoms with E-state index in [0.29, 0.717) is 23.4 Å². The summed E-state index contributed by atoms with van der Waals surface area (Å²) >= 11 is 6.65. The third kappa shape index (κ3) is 3.55. The van der Waals surface area contributed by atoms with Crippen LogP contribution in [0, 0.1) is 17.1 Å². The maximum atomic E-state index is 13.6. The van der Waals surface area contributed by atoms with Gasteiger partial charge in [-0.25, -0.2) is 4.39 Å². The Labute approximate surface area is 127 Å². The van der Waals surface area contributed by atoms with Crippen LogP contribution in [0.2, 0.25) is 0 Å². The maximum absolute atomic E-state index is 13.6.